The number of rotatable bonds is 16. The minimum Gasteiger partial charge on any atom is -0.488 e. The molecule has 64 heavy (non-hydrogen) atoms. The Hall–Kier alpha value is -5.22. The van der Waals surface area contributed by atoms with Gasteiger partial charge in [0.2, 0.25) is 0 Å². The largest absolute Gasteiger partial charge is 0.488 e. The van der Waals surface area contributed by atoms with E-state index in [1.807, 2.05) is 60.7 Å². The molecular formula is C49H55ClO13Si. The quantitative estimate of drug-likeness (QED) is 0.0645. The number of ether oxygens (including phenoxy) is 8. The Labute approximate surface area is 379 Å². The third kappa shape index (κ3) is 9.87. The predicted molar refractivity (Wildman–Crippen MR) is 239 cm³/mol. The first kappa shape index (κ1) is 46.8. The molecule has 0 aromatic heterocycles. The van der Waals surface area contributed by atoms with Crippen LogP contribution in [0.4, 0.5) is 0 Å². The van der Waals surface area contributed by atoms with Crippen LogP contribution in [-0.4, -0.2) is 63.7 Å². The van der Waals surface area contributed by atoms with Crippen molar-refractivity contribution in [1.29, 1.82) is 0 Å². The molecule has 1 aliphatic heterocycles. The molecule has 0 bridgehead atoms. The van der Waals surface area contributed by atoms with Gasteiger partial charge in [0.15, 0.2) is 32.0 Å². The third-order valence-corrected chi connectivity index (χ3v) is 16.9. The van der Waals surface area contributed by atoms with Crippen LogP contribution in [0.3, 0.4) is 0 Å². The number of methoxy groups -OCH3 is 1. The van der Waals surface area contributed by atoms with Gasteiger partial charge in [-0.2, -0.15) is 0 Å². The Morgan fingerprint density at radius 1 is 0.891 bits per heavy atom. The van der Waals surface area contributed by atoms with Gasteiger partial charge in [-0.3, -0.25) is 9.59 Å². The molecule has 7 rings (SSSR count). The number of aliphatic hydroxyl groups excluding tert-OH is 1. The van der Waals surface area contributed by atoms with E-state index >= 15 is 0 Å². The van der Waals surface area contributed by atoms with Crippen molar-refractivity contribution in [2.24, 2.45) is 0 Å². The first-order valence-electron chi connectivity index (χ1n) is 21.2. The van der Waals surface area contributed by atoms with Crippen molar-refractivity contribution in [2.75, 3.05) is 13.7 Å². The number of hydrogen-bond donors (Lipinski definition) is 1. The Kier molecular flexibility index (Phi) is 13.9. The maximum Gasteiger partial charge on any atom is 0.408 e. The van der Waals surface area contributed by atoms with Crippen molar-refractivity contribution >= 4 is 43.4 Å². The second-order valence-corrected chi connectivity index (χ2v) is 22.8. The van der Waals surface area contributed by atoms with Gasteiger partial charge in [0, 0.05) is 54.7 Å². The van der Waals surface area contributed by atoms with E-state index < -0.39 is 69.8 Å². The summed E-state index contributed by atoms with van der Waals surface area (Å²) >= 11 is 7.10. The van der Waals surface area contributed by atoms with Crippen LogP contribution in [0.2, 0.25) is 23.2 Å². The summed E-state index contributed by atoms with van der Waals surface area (Å²) in [5.74, 6) is -1.19. The highest BCUT2D eigenvalue weighted by atomic mass is 35.5. The minimum absolute atomic E-state index is 0.118. The number of fused-ring (bicyclic) bond motifs is 3. The number of benzene rings is 4. The van der Waals surface area contributed by atoms with Gasteiger partial charge in [-0.25, -0.2) is 4.79 Å². The van der Waals surface area contributed by atoms with Gasteiger partial charge in [0.25, 0.3) is 0 Å². The smallest absolute Gasteiger partial charge is 0.408 e. The number of hydrogen-bond acceptors (Lipinski definition) is 13. The Balaban J connectivity index is 1.18. The maximum absolute atomic E-state index is 14.0. The molecule has 1 heterocycles. The summed E-state index contributed by atoms with van der Waals surface area (Å²) in [4.78, 5) is 38.4. The summed E-state index contributed by atoms with van der Waals surface area (Å²) in [5.41, 5.74) is 5.76. The molecule has 0 amide bonds. The lowest BCUT2D eigenvalue weighted by atomic mass is 9.95. The molecule has 340 valence electrons. The number of halogens is 1. The number of aliphatic hydroxyl groups is 1. The number of esters is 3. The summed E-state index contributed by atoms with van der Waals surface area (Å²) in [5, 5.41) is 11.9. The second-order valence-electron chi connectivity index (χ2n) is 17.6. The molecule has 3 aliphatic rings. The fourth-order valence-corrected chi connectivity index (χ4v) is 9.59. The maximum atomic E-state index is 14.0. The summed E-state index contributed by atoms with van der Waals surface area (Å²) in [6.07, 6.45) is -3.94. The van der Waals surface area contributed by atoms with E-state index in [0.29, 0.717) is 35.3 Å². The third-order valence-electron chi connectivity index (χ3n) is 12.1. The van der Waals surface area contributed by atoms with Gasteiger partial charge >= 0.3 is 24.4 Å². The molecule has 1 unspecified atom stereocenters. The zero-order valence-corrected chi connectivity index (χ0v) is 39.3. The lowest BCUT2D eigenvalue weighted by Gasteiger charge is -2.39. The fraction of sp³-hybridized carbons (Fsp3) is 0.408. The molecular weight excluding hydrogens is 860 g/mol. The Morgan fingerprint density at radius 3 is 2.14 bits per heavy atom. The lowest BCUT2D eigenvalue weighted by molar-refractivity contribution is -0.192. The SMILES string of the molecule is CO[C@@H](C(=O)OC[C@H](O)c1cc(Cl)c2c(c1)C1=C([C@@H](OCc3ccccc3)C[C@H]1O[Si](C)(C)C(C)(C)C)[C@@H]2OC(C)=O)c1cc2c(c(C)c1OCc1ccccc1)OC(OC(C)=O)O2. The van der Waals surface area contributed by atoms with Crippen molar-refractivity contribution in [3.8, 4) is 17.2 Å². The number of carbonyl (C=O) groups is 3. The molecule has 0 fully saturated rings. The highest BCUT2D eigenvalue weighted by Crippen LogP contribution is 2.56. The van der Waals surface area contributed by atoms with Gasteiger partial charge in [-0.1, -0.05) is 93.0 Å². The second kappa shape index (κ2) is 19.1. The van der Waals surface area contributed by atoms with E-state index in [4.69, 9.17) is 53.9 Å². The molecule has 0 saturated heterocycles. The van der Waals surface area contributed by atoms with Crippen LogP contribution in [0.15, 0.2) is 84.4 Å². The van der Waals surface area contributed by atoms with E-state index in [9.17, 15) is 19.5 Å². The first-order valence-corrected chi connectivity index (χ1v) is 24.5. The monoisotopic (exact) mass is 914 g/mol. The zero-order valence-electron chi connectivity index (χ0n) is 37.5. The standard InChI is InChI=1S/C49H55ClO13Si/c1-27-43(57-25-31-18-14-11-15-19-31)34(22-39-44(27)62-48(61-39)60-29(3)52)45(55-7)47(54)58-26-36(53)32-20-33-40(35(50)21-32)46(59-28(2)51)42-37(56-24-30-16-12-10-13-17-30)23-38(41(33)42)63-64(8,9)49(4,5)6/h10-22,36-38,45-46,48,53H,23-26H2,1-9H3/t36-,37-,38+,45+,46+,48?/m0/s1. The Bertz CT molecular complexity index is 2410. The summed E-state index contributed by atoms with van der Waals surface area (Å²) in [6, 6.07) is 24.2. The fourth-order valence-electron chi connectivity index (χ4n) is 7.99. The van der Waals surface area contributed by atoms with Crippen molar-refractivity contribution in [1.82, 2.24) is 0 Å². The van der Waals surface area contributed by atoms with Gasteiger partial charge < -0.3 is 47.4 Å². The molecule has 1 N–H and O–H groups in total. The average Bonchev–Trinajstić information content (AvgIpc) is 3.91. The van der Waals surface area contributed by atoms with Crippen LogP contribution in [0.1, 0.15) is 98.3 Å². The van der Waals surface area contributed by atoms with Crippen LogP contribution in [0.5, 0.6) is 17.2 Å². The van der Waals surface area contributed by atoms with Gasteiger partial charge in [0.1, 0.15) is 25.1 Å². The van der Waals surface area contributed by atoms with Crippen molar-refractivity contribution in [2.45, 2.75) is 116 Å². The van der Waals surface area contributed by atoms with Crippen molar-refractivity contribution < 1.29 is 61.8 Å². The molecule has 6 atom stereocenters. The molecule has 0 radical (unpaired) electrons. The summed E-state index contributed by atoms with van der Waals surface area (Å²) in [6.45, 7) is 13.8. The van der Waals surface area contributed by atoms with Crippen molar-refractivity contribution in [3.05, 3.63) is 128 Å². The van der Waals surface area contributed by atoms with Crippen LogP contribution in [0, 0.1) is 6.92 Å². The normalized spacial score (nSPS) is 19.7. The van der Waals surface area contributed by atoms with Crippen LogP contribution in [-0.2, 0) is 55.7 Å². The van der Waals surface area contributed by atoms with E-state index in [0.717, 1.165) is 22.3 Å². The average molecular weight is 916 g/mol. The van der Waals surface area contributed by atoms with E-state index in [1.165, 1.54) is 27.0 Å². The van der Waals surface area contributed by atoms with E-state index in [2.05, 4.69) is 33.9 Å². The molecule has 0 spiro atoms. The molecule has 15 heteroatoms. The Morgan fingerprint density at radius 2 is 1.53 bits per heavy atom. The molecule has 4 aromatic carbocycles. The molecule has 13 nitrogen and oxygen atoms in total. The minimum atomic E-state index is -2.38. The van der Waals surface area contributed by atoms with Gasteiger partial charge in [-0.15, -0.1) is 0 Å². The summed E-state index contributed by atoms with van der Waals surface area (Å²) in [7, 11) is -1.03. The van der Waals surface area contributed by atoms with Gasteiger partial charge in [0.05, 0.1) is 18.8 Å². The zero-order chi connectivity index (χ0) is 46.1. The van der Waals surface area contributed by atoms with Crippen molar-refractivity contribution in [3.63, 3.8) is 0 Å². The van der Waals surface area contributed by atoms with Gasteiger partial charge in [-0.05, 0) is 71.1 Å². The highest BCUT2D eigenvalue weighted by molar-refractivity contribution is 6.74. The molecule has 0 saturated carbocycles. The van der Waals surface area contributed by atoms with E-state index in [-0.39, 0.29) is 39.5 Å². The van der Waals surface area contributed by atoms with E-state index in [1.54, 1.807) is 19.1 Å². The number of carbonyl (C=O) groups excluding carboxylic acids is 3. The van der Waals surface area contributed by atoms with Crippen LogP contribution in [0.25, 0.3) is 5.57 Å². The predicted octanol–water partition coefficient (Wildman–Crippen LogP) is 9.56. The van der Waals surface area contributed by atoms with Crippen LogP contribution >= 0.6 is 11.6 Å². The lowest BCUT2D eigenvalue weighted by Crippen LogP contribution is -2.44. The first-order chi connectivity index (χ1) is 30.4. The summed E-state index contributed by atoms with van der Waals surface area (Å²) < 4.78 is 54.2. The topological polar surface area (TPSA) is 155 Å². The van der Waals surface area contributed by atoms with Crippen LogP contribution < -0.4 is 14.2 Å². The molecule has 2 aliphatic carbocycles. The highest BCUT2D eigenvalue weighted by Gasteiger charge is 2.51. The molecule has 4 aromatic rings.